The molecule has 7 heteroatoms. The molecule has 0 aliphatic carbocycles. The molecular weight excluding hydrogens is 504 g/mol. The van der Waals surface area contributed by atoms with E-state index in [0.717, 1.165) is 24.0 Å². The Morgan fingerprint density at radius 1 is 0.975 bits per heavy atom. The first kappa shape index (κ1) is 32.5. The number of aliphatic hydroxyl groups excluding tert-OH is 1. The van der Waals surface area contributed by atoms with Gasteiger partial charge in [0.1, 0.15) is 6.10 Å². The van der Waals surface area contributed by atoms with Crippen LogP contribution in [0.1, 0.15) is 50.2 Å². The van der Waals surface area contributed by atoms with Gasteiger partial charge >= 0.3 is 5.97 Å². The first-order chi connectivity index (χ1) is 19.4. The third-order valence-corrected chi connectivity index (χ3v) is 6.68. The fraction of sp³-hybridized carbons (Fsp3) is 0.424. The predicted molar refractivity (Wildman–Crippen MR) is 158 cm³/mol. The topological polar surface area (TPSA) is 95.9 Å². The van der Waals surface area contributed by atoms with Crippen molar-refractivity contribution in [1.82, 2.24) is 10.2 Å². The molecule has 2 amide bonds. The molecule has 0 spiro atoms. The maximum atomic E-state index is 13.1. The van der Waals surface area contributed by atoms with Gasteiger partial charge in [-0.25, -0.2) is 0 Å². The van der Waals surface area contributed by atoms with E-state index in [-0.39, 0.29) is 49.8 Å². The Kier molecular flexibility index (Phi) is 15.1. The van der Waals surface area contributed by atoms with Crippen molar-refractivity contribution in [2.24, 2.45) is 11.8 Å². The Balaban J connectivity index is 1.93. The second kappa shape index (κ2) is 18.6. The average molecular weight is 549 g/mol. The summed E-state index contributed by atoms with van der Waals surface area (Å²) in [5.74, 6) is -1.70. The fourth-order valence-corrected chi connectivity index (χ4v) is 4.48. The van der Waals surface area contributed by atoms with Crippen molar-refractivity contribution in [2.75, 3.05) is 19.7 Å². The van der Waals surface area contributed by atoms with Crippen LogP contribution in [0, 0.1) is 11.8 Å². The minimum Gasteiger partial charge on any atom is -0.461 e. The highest BCUT2D eigenvalue weighted by Crippen LogP contribution is 2.19. The molecule has 7 nitrogen and oxygen atoms in total. The van der Waals surface area contributed by atoms with Crippen molar-refractivity contribution in [3.63, 3.8) is 0 Å². The Morgan fingerprint density at radius 3 is 2.23 bits per heavy atom. The van der Waals surface area contributed by atoms with Gasteiger partial charge in [0.15, 0.2) is 0 Å². The van der Waals surface area contributed by atoms with E-state index in [1.807, 2.05) is 66.7 Å². The van der Waals surface area contributed by atoms with Crippen LogP contribution in [0.4, 0.5) is 0 Å². The van der Waals surface area contributed by atoms with Gasteiger partial charge in [-0.15, -0.1) is 13.2 Å². The van der Waals surface area contributed by atoms with Crippen LogP contribution < -0.4 is 5.32 Å². The van der Waals surface area contributed by atoms with E-state index in [4.69, 9.17) is 4.74 Å². The monoisotopic (exact) mass is 548 g/mol. The molecule has 2 aromatic rings. The number of benzene rings is 2. The molecular formula is C33H44N2O5. The van der Waals surface area contributed by atoms with E-state index >= 15 is 0 Å². The largest absolute Gasteiger partial charge is 0.461 e. The zero-order chi connectivity index (χ0) is 29.2. The molecule has 0 fully saturated rings. The first-order valence-electron chi connectivity index (χ1n) is 14.0. The van der Waals surface area contributed by atoms with E-state index in [1.165, 1.54) is 0 Å². The highest BCUT2D eigenvalue weighted by atomic mass is 16.5. The van der Waals surface area contributed by atoms with E-state index in [2.05, 4.69) is 18.5 Å². The van der Waals surface area contributed by atoms with Crippen molar-refractivity contribution in [2.45, 2.75) is 58.1 Å². The Labute approximate surface area is 238 Å². The van der Waals surface area contributed by atoms with Crippen LogP contribution in [0.5, 0.6) is 0 Å². The third-order valence-electron chi connectivity index (χ3n) is 6.68. The zero-order valence-electron chi connectivity index (χ0n) is 23.7. The Hall–Kier alpha value is -3.71. The number of carbonyl (C=O) groups excluding carboxylic acids is 3. The van der Waals surface area contributed by atoms with Crippen LogP contribution >= 0.6 is 0 Å². The summed E-state index contributed by atoms with van der Waals surface area (Å²) in [7, 11) is 0. The van der Waals surface area contributed by atoms with Crippen molar-refractivity contribution in [3.05, 3.63) is 97.1 Å². The maximum absolute atomic E-state index is 13.1. The lowest BCUT2D eigenvalue weighted by Crippen LogP contribution is -2.40. The average Bonchev–Trinajstić information content (AvgIpc) is 2.96. The SMILES string of the molecule is C=CCCCC(Cc1ccccc1)C(=O)OC(C)CNC(=O)C(CC=C)CC(=O)N(CCO)Cc1ccccc1. The number of carbonyl (C=O) groups is 3. The molecule has 0 radical (unpaired) electrons. The van der Waals surface area contributed by atoms with Crippen LogP contribution in [0.15, 0.2) is 86.0 Å². The second-order valence-electron chi connectivity index (χ2n) is 10.0. The molecule has 2 N–H and O–H groups in total. The van der Waals surface area contributed by atoms with Gasteiger partial charge in [-0.05, 0) is 50.2 Å². The molecule has 2 aromatic carbocycles. The smallest absolute Gasteiger partial charge is 0.309 e. The Morgan fingerprint density at radius 2 is 1.62 bits per heavy atom. The van der Waals surface area contributed by atoms with Gasteiger partial charge in [-0.2, -0.15) is 0 Å². The van der Waals surface area contributed by atoms with Gasteiger partial charge < -0.3 is 20.1 Å². The number of hydrogen-bond acceptors (Lipinski definition) is 5. The van der Waals surface area contributed by atoms with Crippen LogP contribution in [-0.4, -0.2) is 53.6 Å². The molecule has 0 aliphatic heterocycles. The van der Waals surface area contributed by atoms with Crippen molar-refractivity contribution < 1.29 is 24.2 Å². The summed E-state index contributed by atoms with van der Waals surface area (Å²) in [6, 6.07) is 19.4. The van der Waals surface area contributed by atoms with Crippen LogP contribution in [0.3, 0.4) is 0 Å². The van der Waals surface area contributed by atoms with Gasteiger partial charge in [0.25, 0.3) is 0 Å². The molecule has 0 saturated heterocycles. The molecule has 216 valence electrons. The molecule has 2 rings (SSSR count). The van der Waals surface area contributed by atoms with Crippen LogP contribution in [-0.2, 0) is 32.1 Å². The summed E-state index contributed by atoms with van der Waals surface area (Å²) in [4.78, 5) is 40.7. The van der Waals surface area contributed by atoms with E-state index in [1.54, 1.807) is 17.9 Å². The predicted octanol–water partition coefficient (Wildman–Crippen LogP) is 4.85. The summed E-state index contributed by atoms with van der Waals surface area (Å²) in [5, 5.41) is 12.3. The molecule has 0 bridgehead atoms. The summed E-state index contributed by atoms with van der Waals surface area (Å²) < 4.78 is 5.72. The molecule has 0 aliphatic rings. The fourth-order valence-electron chi connectivity index (χ4n) is 4.48. The van der Waals surface area contributed by atoms with E-state index in [0.29, 0.717) is 25.8 Å². The second-order valence-corrected chi connectivity index (χ2v) is 10.0. The normalized spacial score (nSPS) is 12.9. The van der Waals surface area contributed by atoms with Crippen LogP contribution in [0.25, 0.3) is 0 Å². The molecule has 3 unspecified atom stereocenters. The van der Waals surface area contributed by atoms with Gasteiger partial charge in [0.05, 0.1) is 25.0 Å². The molecule has 0 saturated carbocycles. The van der Waals surface area contributed by atoms with Crippen molar-refractivity contribution in [1.29, 1.82) is 0 Å². The number of amides is 2. The zero-order valence-corrected chi connectivity index (χ0v) is 23.7. The maximum Gasteiger partial charge on any atom is 0.309 e. The first-order valence-corrected chi connectivity index (χ1v) is 14.0. The quantitative estimate of drug-likeness (QED) is 0.149. The molecule has 0 heterocycles. The number of esters is 1. The minimum absolute atomic E-state index is 0.0126. The summed E-state index contributed by atoms with van der Waals surface area (Å²) in [6.45, 7) is 9.75. The number of ether oxygens (including phenoxy) is 1. The third kappa shape index (κ3) is 12.0. The lowest BCUT2D eigenvalue weighted by Gasteiger charge is -2.25. The number of aliphatic hydroxyl groups is 1. The lowest BCUT2D eigenvalue weighted by molar-refractivity contribution is -0.153. The number of nitrogens with zero attached hydrogens (tertiary/aromatic N) is 1. The number of unbranched alkanes of at least 4 members (excludes halogenated alkanes) is 1. The number of hydrogen-bond donors (Lipinski definition) is 2. The highest BCUT2D eigenvalue weighted by molar-refractivity contribution is 5.86. The lowest BCUT2D eigenvalue weighted by atomic mass is 9.94. The van der Waals surface area contributed by atoms with Gasteiger partial charge in [0, 0.05) is 19.5 Å². The highest BCUT2D eigenvalue weighted by Gasteiger charge is 2.26. The summed E-state index contributed by atoms with van der Waals surface area (Å²) >= 11 is 0. The standard InChI is InChI=1S/C33H44N2O5/c1-4-6-9-19-30(22-27-15-10-7-11-16-27)33(39)40-26(3)24-34-32(38)29(14-5-2)23-31(37)35(20-21-36)25-28-17-12-8-13-18-28/h4-5,7-8,10-13,15-18,26,29-30,36H,1-2,6,9,14,19-25H2,3H3,(H,34,38). The molecule has 3 atom stereocenters. The van der Waals surface area contributed by atoms with E-state index < -0.39 is 12.0 Å². The summed E-state index contributed by atoms with van der Waals surface area (Å²) in [6.07, 6.45) is 6.20. The van der Waals surface area contributed by atoms with Gasteiger partial charge in [-0.3, -0.25) is 14.4 Å². The van der Waals surface area contributed by atoms with Crippen molar-refractivity contribution in [3.8, 4) is 0 Å². The summed E-state index contributed by atoms with van der Waals surface area (Å²) in [5.41, 5.74) is 2.02. The van der Waals surface area contributed by atoms with Crippen molar-refractivity contribution >= 4 is 17.8 Å². The van der Waals surface area contributed by atoms with Crippen LogP contribution in [0.2, 0.25) is 0 Å². The van der Waals surface area contributed by atoms with E-state index in [9.17, 15) is 19.5 Å². The minimum atomic E-state index is -0.616. The van der Waals surface area contributed by atoms with Gasteiger partial charge in [0.2, 0.25) is 11.8 Å². The number of rotatable bonds is 19. The number of allylic oxidation sites excluding steroid dienone is 2. The molecule has 40 heavy (non-hydrogen) atoms. The van der Waals surface area contributed by atoms with Gasteiger partial charge in [-0.1, -0.05) is 72.8 Å². The number of nitrogens with one attached hydrogen (secondary N) is 1. The molecule has 0 aromatic heterocycles. The Bertz CT molecular complexity index is 1060.